The molecule has 4 heteroatoms. The van der Waals surface area contributed by atoms with Gasteiger partial charge in [0.2, 0.25) is 0 Å². The third-order valence-electron chi connectivity index (χ3n) is 3.71. The number of carbonyl (C=O) groups is 1. The van der Waals surface area contributed by atoms with E-state index in [9.17, 15) is 4.79 Å². The first kappa shape index (κ1) is 17.5. The van der Waals surface area contributed by atoms with Crippen LogP contribution in [0.25, 0.3) is 0 Å². The summed E-state index contributed by atoms with van der Waals surface area (Å²) >= 11 is 5.97. The van der Waals surface area contributed by atoms with Gasteiger partial charge < -0.3 is 10.2 Å². The highest BCUT2D eigenvalue weighted by Crippen LogP contribution is 2.21. The monoisotopic (exact) mass is 330 g/mol. The number of nitrogens with one attached hydrogen (secondary N) is 1. The van der Waals surface area contributed by atoms with Gasteiger partial charge in [-0.1, -0.05) is 41.9 Å². The van der Waals surface area contributed by atoms with Crippen molar-refractivity contribution in [3.8, 4) is 0 Å². The molecule has 0 spiro atoms. The maximum Gasteiger partial charge on any atom is 0.251 e. The average Bonchev–Trinajstić information content (AvgIpc) is 2.55. The predicted molar refractivity (Wildman–Crippen MR) is 95.9 cm³/mol. The van der Waals surface area contributed by atoms with E-state index in [1.165, 1.54) is 0 Å². The van der Waals surface area contributed by atoms with Crippen LogP contribution in [-0.4, -0.2) is 31.4 Å². The van der Waals surface area contributed by atoms with E-state index >= 15 is 0 Å². The molecule has 0 saturated carbocycles. The van der Waals surface area contributed by atoms with Gasteiger partial charge in [0.25, 0.3) is 5.91 Å². The summed E-state index contributed by atoms with van der Waals surface area (Å²) in [5.41, 5.74) is 1.76. The van der Waals surface area contributed by atoms with Crippen LogP contribution in [0.2, 0.25) is 5.02 Å². The van der Waals surface area contributed by atoms with Gasteiger partial charge >= 0.3 is 0 Å². The van der Waals surface area contributed by atoms with E-state index < -0.39 is 0 Å². The van der Waals surface area contributed by atoms with Gasteiger partial charge in [0.05, 0.1) is 6.04 Å². The number of halogens is 1. The molecule has 0 aliphatic heterocycles. The summed E-state index contributed by atoms with van der Waals surface area (Å²) in [5.74, 6) is -0.0459. The first-order valence-corrected chi connectivity index (χ1v) is 8.20. The predicted octanol–water partition coefficient (Wildman–Crippen LogP) is 4.15. The first-order valence-electron chi connectivity index (χ1n) is 7.82. The van der Waals surface area contributed by atoms with Gasteiger partial charge in [-0.15, -0.1) is 0 Å². The van der Waals surface area contributed by atoms with Crippen LogP contribution in [0.4, 0.5) is 0 Å². The summed E-state index contributed by atoms with van der Waals surface area (Å²) in [5, 5.41) is 3.85. The summed E-state index contributed by atoms with van der Waals surface area (Å²) < 4.78 is 0. The van der Waals surface area contributed by atoms with Crippen LogP contribution in [0.15, 0.2) is 54.6 Å². The molecule has 2 aromatic rings. The maximum atomic E-state index is 12.4. The molecule has 0 aromatic heterocycles. The first-order chi connectivity index (χ1) is 11.1. The van der Waals surface area contributed by atoms with Crippen LogP contribution in [-0.2, 0) is 0 Å². The molecule has 0 aliphatic carbocycles. The van der Waals surface area contributed by atoms with E-state index in [1.54, 1.807) is 0 Å². The number of rotatable bonds is 7. The Morgan fingerprint density at radius 1 is 1.09 bits per heavy atom. The third-order valence-corrected chi connectivity index (χ3v) is 3.96. The molecule has 2 rings (SSSR count). The van der Waals surface area contributed by atoms with E-state index in [2.05, 4.69) is 24.3 Å². The minimum atomic E-state index is -0.0459. The van der Waals surface area contributed by atoms with Gasteiger partial charge in [-0.25, -0.2) is 0 Å². The zero-order chi connectivity index (χ0) is 16.7. The number of benzene rings is 2. The quantitative estimate of drug-likeness (QED) is 0.827. The van der Waals surface area contributed by atoms with Crippen molar-refractivity contribution in [3.05, 3.63) is 70.7 Å². The zero-order valence-corrected chi connectivity index (χ0v) is 14.4. The maximum absolute atomic E-state index is 12.4. The highest BCUT2D eigenvalue weighted by atomic mass is 35.5. The molecule has 1 amide bonds. The molecule has 23 heavy (non-hydrogen) atoms. The van der Waals surface area contributed by atoms with Crippen LogP contribution < -0.4 is 5.32 Å². The molecule has 0 fully saturated rings. The number of hydrogen-bond acceptors (Lipinski definition) is 2. The summed E-state index contributed by atoms with van der Waals surface area (Å²) in [4.78, 5) is 14.6. The number of carbonyl (C=O) groups excluding carboxylic acids is 1. The fourth-order valence-corrected chi connectivity index (χ4v) is 2.59. The Bertz CT molecular complexity index is 611. The van der Waals surface area contributed by atoms with E-state index in [0.717, 1.165) is 24.9 Å². The largest absolute Gasteiger partial charge is 0.345 e. The number of amides is 1. The molecule has 0 radical (unpaired) electrons. The van der Waals surface area contributed by atoms with Gasteiger partial charge in [-0.05, 0) is 63.3 Å². The summed E-state index contributed by atoms with van der Waals surface area (Å²) in [6, 6.07) is 17.0. The molecule has 122 valence electrons. The van der Waals surface area contributed by atoms with Gasteiger partial charge in [0, 0.05) is 10.6 Å². The van der Waals surface area contributed by atoms with Crippen molar-refractivity contribution in [2.75, 3.05) is 20.6 Å². The SMILES string of the molecule is CN(C)CCC[C@H](NC(=O)c1ccccc1)c1ccc(Cl)cc1. The van der Waals surface area contributed by atoms with E-state index in [0.29, 0.717) is 10.6 Å². The molecule has 2 aromatic carbocycles. The summed E-state index contributed by atoms with van der Waals surface area (Å²) in [6.07, 6.45) is 1.90. The molecule has 0 bridgehead atoms. The average molecular weight is 331 g/mol. The van der Waals surface area contributed by atoms with Crippen LogP contribution in [0.3, 0.4) is 0 Å². The molecule has 3 nitrogen and oxygen atoms in total. The van der Waals surface area contributed by atoms with E-state index in [4.69, 9.17) is 11.6 Å². The van der Waals surface area contributed by atoms with E-state index in [-0.39, 0.29) is 11.9 Å². The van der Waals surface area contributed by atoms with Gasteiger partial charge in [0.15, 0.2) is 0 Å². The van der Waals surface area contributed by atoms with Crippen LogP contribution in [0.1, 0.15) is 34.8 Å². The van der Waals surface area contributed by atoms with Crippen molar-refractivity contribution in [3.63, 3.8) is 0 Å². The normalized spacial score (nSPS) is 12.2. The Morgan fingerprint density at radius 3 is 2.35 bits per heavy atom. The lowest BCUT2D eigenvalue weighted by Crippen LogP contribution is -2.29. The van der Waals surface area contributed by atoms with Crippen molar-refractivity contribution in [2.45, 2.75) is 18.9 Å². The van der Waals surface area contributed by atoms with Crippen molar-refractivity contribution in [1.82, 2.24) is 10.2 Å². The standard InChI is InChI=1S/C19H23ClN2O/c1-22(2)14-6-9-18(15-10-12-17(20)13-11-15)21-19(23)16-7-4-3-5-8-16/h3-5,7-8,10-13,18H,6,9,14H2,1-2H3,(H,21,23)/t18-/m0/s1. The molecule has 1 N–H and O–H groups in total. The Hall–Kier alpha value is -1.84. The van der Waals surface area contributed by atoms with E-state index in [1.807, 2.05) is 54.6 Å². The Kier molecular flexibility index (Phi) is 6.63. The highest BCUT2D eigenvalue weighted by molar-refractivity contribution is 6.30. The van der Waals surface area contributed by atoms with Crippen molar-refractivity contribution < 1.29 is 4.79 Å². The minimum Gasteiger partial charge on any atom is -0.345 e. The van der Waals surface area contributed by atoms with Gasteiger partial charge in [0.1, 0.15) is 0 Å². The fraction of sp³-hybridized carbons (Fsp3) is 0.316. The van der Waals surface area contributed by atoms with Crippen molar-refractivity contribution >= 4 is 17.5 Å². The molecule has 0 heterocycles. The van der Waals surface area contributed by atoms with Crippen LogP contribution >= 0.6 is 11.6 Å². The fourth-order valence-electron chi connectivity index (χ4n) is 2.46. The third kappa shape index (κ3) is 5.70. The Balaban J connectivity index is 2.09. The summed E-state index contributed by atoms with van der Waals surface area (Å²) in [6.45, 7) is 0.991. The lowest BCUT2D eigenvalue weighted by Gasteiger charge is -2.20. The van der Waals surface area contributed by atoms with Crippen LogP contribution in [0, 0.1) is 0 Å². The Labute approximate surface area is 143 Å². The number of hydrogen-bond donors (Lipinski definition) is 1. The molecular formula is C19H23ClN2O. The molecule has 0 saturated heterocycles. The minimum absolute atomic E-state index is 0.0140. The second-order valence-corrected chi connectivity index (χ2v) is 6.33. The summed E-state index contributed by atoms with van der Waals surface area (Å²) in [7, 11) is 4.11. The van der Waals surface area contributed by atoms with Crippen molar-refractivity contribution in [2.24, 2.45) is 0 Å². The highest BCUT2D eigenvalue weighted by Gasteiger charge is 2.15. The second kappa shape index (κ2) is 8.70. The van der Waals surface area contributed by atoms with Gasteiger partial charge in [-0.2, -0.15) is 0 Å². The molecular weight excluding hydrogens is 308 g/mol. The van der Waals surface area contributed by atoms with Crippen molar-refractivity contribution in [1.29, 1.82) is 0 Å². The Morgan fingerprint density at radius 2 is 1.74 bits per heavy atom. The molecule has 0 unspecified atom stereocenters. The molecule has 0 aliphatic rings. The van der Waals surface area contributed by atoms with Crippen LogP contribution in [0.5, 0.6) is 0 Å². The lowest BCUT2D eigenvalue weighted by molar-refractivity contribution is 0.0933. The smallest absolute Gasteiger partial charge is 0.251 e. The second-order valence-electron chi connectivity index (χ2n) is 5.89. The topological polar surface area (TPSA) is 32.3 Å². The zero-order valence-electron chi connectivity index (χ0n) is 13.6. The molecule has 1 atom stereocenters. The lowest BCUT2D eigenvalue weighted by atomic mass is 10.0. The van der Waals surface area contributed by atoms with Gasteiger partial charge in [-0.3, -0.25) is 4.79 Å². The number of nitrogens with zero attached hydrogens (tertiary/aromatic N) is 1.